The van der Waals surface area contributed by atoms with E-state index in [-0.39, 0.29) is 18.1 Å². The zero-order valence-electron chi connectivity index (χ0n) is 17.4. The van der Waals surface area contributed by atoms with Crippen molar-refractivity contribution in [2.75, 3.05) is 6.61 Å². The second-order valence-corrected chi connectivity index (χ2v) is 8.51. The molecule has 4 rings (SSSR count). The highest BCUT2D eigenvalue weighted by molar-refractivity contribution is 5.98. The van der Waals surface area contributed by atoms with Gasteiger partial charge in [0.05, 0.1) is 6.61 Å². The molecule has 0 aromatic heterocycles. The number of hydrogen-bond donors (Lipinski definition) is 1. The van der Waals surface area contributed by atoms with Crippen LogP contribution in [0.5, 0.6) is 0 Å². The summed E-state index contributed by atoms with van der Waals surface area (Å²) >= 11 is 0. The number of benzene rings is 2. The highest BCUT2D eigenvalue weighted by atomic mass is 19.1. The van der Waals surface area contributed by atoms with Crippen molar-refractivity contribution < 1.29 is 23.1 Å². The molecule has 2 fully saturated rings. The first kappa shape index (κ1) is 21.4. The molecule has 1 saturated heterocycles. The lowest BCUT2D eigenvalue weighted by Crippen LogP contribution is -2.57. The van der Waals surface area contributed by atoms with E-state index in [1.807, 2.05) is 30.3 Å². The molecule has 0 radical (unpaired) electrons. The third kappa shape index (κ3) is 4.46. The van der Waals surface area contributed by atoms with Crippen molar-refractivity contribution in [2.45, 2.75) is 50.9 Å². The molecule has 0 bridgehead atoms. The molecule has 2 aliphatic rings. The van der Waals surface area contributed by atoms with Gasteiger partial charge in [0.15, 0.2) is 0 Å². The van der Waals surface area contributed by atoms with E-state index in [4.69, 9.17) is 4.74 Å². The number of rotatable bonds is 4. The van der Waals surface area contributed by atoms with Gasteiger partial charge in [-0.3, -0.25) is 14.5 Å². The quantitative estimate of drug-likeness (QED) is 0.800. The van der Waals surface area contributed by atoms with Gasteiger partial charge in [-0.05, 0) is 42.9 Å². The Labute approximate surface area is 180 Å². The molecule has 2 aromatic carbocycles. The maximum Gasteiger partial charge on any atom is 0.257 e. The Balaban J connectivity index is 1.62. The summed E-state index contributed by atoms with van der Waals surface area (Å²) in [5.74, 6) is -2.30. The Hall–Kier alpha value is -2.80. The van der Waals surface area contributed by atoms with Crippen LogP contribution in [0.15, 0.2) is 48.5 Å². The fraction of sp³-hybridized carbons (Fsp3) is 0.417. The van der Waals surface area contributed by atoms with Gasteiger partial charge >= 0.3 is 0 Å². The zero-order valence-corrected chi connectivity index (χ0v) is 17.4. The fourth-order valence-corrected chi connectivity index (χ4v) is 4.73. The fourth-order valence-electron chi connectivity index (χ4n) is 4.73. The second-order valence-electron chi connectivity index (χ2n) is 8.51. The molecule has 3 unspecified atom stereocenters. The van der Waals surface area contributed by atoms with Crippen molar-refractivity contribution in [2.24, 2.45) is 5.92 Å². The molecular formula is C24H26F2N2O3. The van der Waals surface area contributed by atoms with Crippen LogP contribution in [-0.2, 0) is 16.1 Å². The van der Waals surface area contributed by atoms with E-state index >= 15 is 0 Å². The maximum atomic E-state index is 13.8. The van der Waals surface area contributed by atoms with Crippen LogP contribution in [0.1, 0.15) is 48.5 Å². The number of ether oxygens (including phenoxy) is 1. The number of hydrogen-bond acceptors (Lipinski definition) is 3. The normalized spacial score (nSPS) is 25.6. The van der Waals surface area contributed by atoms with E-state index in [9.17, 15) is 18.4 Å². The molecule has 31 heavy (non-hydrogen) atoms. The van der Waals surface area contributed by atoms with Crippen LogP contribution in [0.3, 0.4) is 0 Å². The number of nitrogens with one attached hydrogen (secondary N) is 1. The molecular weight excluding hydrogens is 402 g/mol. The van der Waals surface area contributed by atoms with Gasteiger partial charge in [-0.25, -0.2) is 8.78 Å². The smallest absolute Gasteiger partial charge is 0.257 e. The molecule has 1 N–H and O–H groups in total. The summed E-state index contributed by atoms with van der Waals surface area (Å²) in [6.45, 7) is 2.45. The van der Waals surface area contributed by atoms with Crippen molar-refractivity contribution >= 4 is 11.8 Å². The van der Waals surface area contributed by atoms with Crippen LogP contribution < -0.4 is 5.32 Å². The monoisotopic (exact) mass is 428 g/mol. The van der Waals surface area contributed by atoms with Gasteiger partial charge in [0.2, 0.25) is 5.91 Å². The first-order chi connectivity index (χ1) is 14.9. The van der Waals surface area contributed by atoms with E-state index in [1.165, 1.54) is 4.90 Å². The second kappa shape index (κ2) is 8.75. The molecule has 164 valence electrons. The van der Waals surface area contributed by atoms with Gasteiger partial charge < -0.3 is 10.1 Å². The van der Waals surface area contributed by atoms with Gasteiger partial charge in [-0.1, -0.05) is 43.7 Å². The van der Waals surface area contributed by atoms with Crippen molar-refractivity contribution in [1.29, 1.82) is 0 Å². The van der Waals surface area contributed by atoms with E-state index in [2.05, 4.69) is 12.2 Å². The van der Waals surface area contributed by atoms with Gasteiger partial charge in [0.1, 0.15) is 23.4 Å². The minimum absolute atomic E-state index is 0.0525. The maximum absolute atomic E-state index is 13.8. The van der Waals surface area contributed by atoms with E-state index in [0.717, 1.165) is 36.6 Å². The van der Waals surface area contributed by atoms with Crippen LogP contribution in [0.25, 0.3) is 0 Å². The predicted molar refractivity (Wildman–Crippen MR) is 111 cm³/mol. The van der Waals surface area contributed by atoms with Gasteiger partial charge in [-0.2, -0.15) is 0 Å². The van der Waals surface area contributed by atoms with Crippen LogP contribution in [0.4, 0.5) is 8.78 Å². The average molecular weight is 428 g/mol. The first-order valence-electron chi connectivity index (χ1n) is 10.6. The number of amides is 2. The highest BCUT2D eigenvalue weighted by Gasteiger charge is 2.54. The molecule has 2 aromatic rings. The predicted octanol–water partition coefficient (Wildman–Crippen LogP) is 4.03. The summed E-state index contributed by atoms with van der Waals surface area (Å²) in [7, 11) is 0. The molecule has 1 aliphatic carbocycles. The highest BCUT2D eigenvalue weighted by Crippen LogP contribution is 2.43. The summed E-state index contributed by atoms with van der Waals surface area (Å²) in [6.07, 6.45) is 3.02. The number of halogens is 2. The summed E-state index contributed by atoms with van der Waals surface area (Å²) < 4.78 is 33.7. The van der Waals surface area contributed by atoms with Crippen molar-refractivity contribution in [1.82, 2.24) is 10.2 Å². The number of carbonyl (C=O) groups is 2. The molecule has 1 spiro atoms. The van der Waals surface area contributed by atoms with Crippen molar-refractivity contribution in [3.05, 3.63) is 71.3 Å². The number of carbonyl (C=O) groups excluding carboxylic acids is 2. The Morgan fingerprint density at radius 2 is 1.87 bits per heavy atom. The van der Waals surface area contributed by atoms with Crippen LogP contribution >= 0.6 is 0 Å². The van der Waals surface area contributed by atoms with Gasteiger partial charge in [0, 0.05) is 18.2 Å². The van der Waals surface area contributed by atoms with E-state index in [1.54, 1.807) is 0 Å². The van der Waals surface area contributed by atoms with Crippen molar-refractivity contribution in [3.8, 4) is 0 Å². The molecule has 7 heteroatoms. The lowest BCUT2D eigenvalue weighted by Gasteiger charge is -2.43. The van der Waals surface area contributed by atoms with Gasteiger partial charge in [0.25, 0.3) is 5.91 Å². The zero-order chi connectivity index (χ0) is 22.0. The Kier molecular flexibility index (Phi) is 6.05. The lowest BCUT2D eigenvalue weighted by molar-refractivity contribution is -0.128. The third-order valence-corrected chi connectivity index (χ3v) is 6.13. The summed E-state index contributed by atoms with van der Waals surface area (Å²) in [6, 6.07) is 11.3. The number of nitrogens with zero attached hydrogens (tertiary/aromatic N) is 1. The third-order valence-electron chi connectivity index (χ3n) is 6.13. The molecule has 5 nitrogen and oxygen atoms in total. The standard InChI is InChI=1S/C24H26F2N2O3/c1-16-6-5-9-24(13-16)28(23(30)18-10-19(25)12-20(26)11-18)21(15-31-24)22(29)27-14-17-7-3-2-4-8-17/h2-4,7-8,10-12,16,21H,5-6,9,13-15H2,1H3,(H,27,29). The summed E-state index contributed by atoms with van der Waals surface area (Å²) in [5, 5.41) is 2.87. The van der Waals surface area contributed by atoms with Crippen LogP contribution in [-0.4, -0.2) is 35.1 Å². The Morgan fingerprint density at radius 3 is 2.55 bits per heavy atom. The van der Waals surface area contributed by atoms with Gasteiger partial charge in [-0.15, -0.1) is 0 Å². The minimum Gasteiger partial charge on any atom is -0.353 e. The molecule has 1 heterocycles. The molecule has 2 amide bonds. The summed E-state index contributed by atoms with van der Waals surface area (Å²) in [5.41, 5.74) is -0.131. The van der Waals surface area contributed by atoms with Crippen molar-refractivity contribution in [3.63, 3.8) is 0 Å². The first-order valence-corrected chi connectivity index (χ1v) is 10.6. The van der Waals surface area contributed by atoms with Crippen LogP contribution in [0, 0.1) is 17.6 Å². The Morgan fingerprint density at radius 1 is 1.16 bits per heavy atom. The molecule has 3 atom stereocenters. The largest absolute Gasteiger partial charge is 0.353 e. The topological polar surface area (TPSA) is 58.6 Å². The minimum atomic E-state index is -0.938. The molecule has 1 saturated carbocycles. The van der Waals surface area contributed by atoms with E-state index < -0.39 is 29.3 Å². The average Bonchev–Trinajstić information content (AvgIpc) is 3.09. The lowest BCUT2D eigenvalue weighted by atomic mass is 9.83. The molecule has 1 aliphatic heterocycles. The van der Waals surface area contributed by atoms with Crippen LogP contribution in [0.2, 0.25) is 0 Å². The van der Waals surface area contributed by atoms with E-state index in [0.29, 0.717) is 25.3 Å². The summed E-state index contributed by atoms with van der Waals surface area (Å²) in [4.78, 5) is 28.0. The SMILES string of the molecule is CC1CCCC2(C1)OCC(C(=O)NCc1ccccc1)N2C(=O)c1cc(F)cc(F)c1. The Bertz CT molecular complexity index is 948.